The van der Waals surface area contributed by atoms with Crippen molar-refractivity contribution in [2.24, 2.45) is 5.92 Å². The van der Waals surface area contributed by atoms with Crippen LogP contribution in [0.25, 0.3) is 43.1 Å². The van der Waals surface area contributed by atoms with Gasteiger partial charge in [0.05, 0.1) is 34.8 Å². The van der Waals surface area contributed by atoms with Crippen molar-refractivity contribution in [1.29, 1.82) is 0 Å². The summed E-state index contributed by atoms with van der Waals surface area (Å²) in [5.74, 6) is -2.63. The molecule has 0 aromatic heterocycles. The highest BCUT2D eigenvalue weighted by Gasteiger charge is 2.48. The molecule has 0 aliphatic carbocycles. The summed E-state index contributed by atoms with van der Waals surface area (Å²) >= 11 is 0. The smallest absolute Gasteiger partial charge is 0.308 e. The number of nitrogens with zero attached hydrogens (tertiary/aromatic N) is 6. The zero-order chi connectivity index (χ0) is 82.9. The van der Waals surface area contributed by atoms with Crippen molar-refractivity contribution in [3.05, 3.63) is 238 Å². The average molecular weight is 1570 g/mol. The van der Waals surface area contributed by atoms with E-state index in [2.05, 4.69) is 92.9 Å². The monoisotopic (exact) mass is 1570 g/mol. The molecular weight excluding hydrogens is 1470 g/mol. The summed E-state index contributed by atoms with van der Waals surface area (Å²) in [4.78, 5) is 122. The van der Waals surface area contributed by atoms with E-state index in [1.807, 2.05) is 158 Å². The van der Waals surface area contributed by atoms with Gasteiger partial charge in [0.25, 0.3) is 23.6 Å². The standard InChI is InChI=1S/C98H104N6O13/c1-59(2)94(112)113-52-50-100-43-47-102(48-44-100)93(111)75(54-61-23-19-16-20-24-61)104-90(108)72-57-78(116-68-37-29-64(30-38-68)97(9,10)11)84-82-76(114-66-33-25-62(26-34-66)95(3,4)5)55-70-80-71(89(107)103(88(70)106)74(53-60-21-17-15-18-22-60)92(110)101-45-41-99(42-46-101)49-51-105)56-77(115-67-35-27-63(28-36-67)96(6,7)8)83(86(80)82)85-79(58-73(91(104)109)81(72)87(84)85)117-69-39-31-65(32-40-69)98(12,13)14/h15-40,55-59,74-75,105H,41-54H2,1-14H3. The summed E-state index contributed by atoms with van der Waals surface area (Å²) in [5, 5.41) is 12.2. The van der Waals surface area contributed by atoms with Crippen LogP contribution in [0.1, 0.15) is 172 Å². The molecule has 2 atom stereocenters. The van der Waals surface area contributed by atoms with Gasteiger partial charge in [0.15, 0.2) is 0 Å². The number of rotatable bonds is 22. The molecule has 19 heteroatoms. The molecule has 0 radical (unpaired) electrons. The van der Waals surface area contributed by atoms with E-state index in [9.17, 15) is 9.90 Å². The lowest BCUT2D eigenvalue weighted by atomic mass is 9.80. The molecule has 117 heavy (non-hydrogen) atoms. The van der Waals surface area contributed by atoms with E-state index >= 15 is 28.8 Å². The first-order chi connectivity index (χ1) is 55.7. The molecule has 1 N–H and O–H groups in total. The number of carbonyl (C=O) groups is 7. The van der Waals surface area contributed by atoms with Crippen LogP contribution in [0.3, 0.4) is 0 Å². The highest BCUT2D eigenvalue weighted by atomic mass is 16.5. The Morgan fingerprint density at radius 1 is 0.359 bits per heavy atom. The van der Waals surface area contributed by atoms with Gasteiger partial charge in [-0.3, -0.25) is 53.2 Å². The normalized spacial score (nSPS) is 15.8. The van der Waals surface area contributed by atoms with Crippen LogP contribution in [0, 0.1) is 5.92 Å². The third-order valence-electron chi connectivity index (χ3n) is 23.4. The minimum Gasteiger partial charge on any atom is -0.464 e. The molecule has 2 unspecified atom stereocenters. The SMILES string of the molecule is CC(C)C(=O)OCCN1CCN(C(=O)C(Cc2ccccc2)N2C(=O)c3cc(Oc4ccc(C(C)(C)C)cc4)c4c5c(Oc6ccc(C(C)(C)C)cc6)cc6c7c(cc(Oc8ccc(C(C)(C)C)cc8)c(c8c(Oc9ccc(C(C)(C)C)cc9)cc(c3c48)C2=O)c75)C(=O)N(C(Cc2ccccc2)C(=O)N2CCN(CCO)CC2)C6=O)CC1. The van der Waals surface area contributed by atoms with Gasteiger partial charge in [0.1, 0.15) is 64.7 Å². The van der Waals surface area contributed by atoms with E-state index in [0.29, 0.717) is 106 Å². The minimum atomic E-state index is -1.39. The fraction of sp³-hybridized carbons (Fsp3) is 0.357. The number of ether oxygens (including phenoxy) is 5. The molecule has 6 amide bonds. The van der Waals surface area contributed by atoms with Crippen molar-refractivity contribution in [3.8, 4) is 46.0 Å². The van der Waals surface area contributed by atoms with E-state index in [1.54, 1.807) is 47.9 Å². The van der Waals surface area contributed by atoms with E-state index < -0.39 is 47.5 Å². The Morgan fingerprint density at radius 2 is 0.632 bits per heavy atom. The van der Waals surface area contributed by atoms with Gasteiger partial charge in [0.2, 0.25) is 11.8 Å². The average Bonchev–Trinajstić information content (AvgIpc) is 0.669. The summed E-state index contributed by atoms with van der Waals surface area (Å²) in [6.45, 7) is 32.9. The molecule has 15 rings (SSSR count). The van der Waals surface area contributed by atoms with Gasteiger partial charge in [-0.25, -0.2) is 0 Å². The fourth-order valence-corrected chi connectivity index (χ4v) is 16.7. The number of aliphatic hydroxyl groups excluding tert-OH is 1. The predicted molar refractivity (Wildman–Crippen MR) is 456 cm³/mol. The lowest BCUT2D eigenvalue weighted by Gasteiger charge is -2.40. The number of imide groups is 2. The summed E-state index contributed by atoms with van der Waals surface area (Å²) in [5.41, 5.74) is 4.48. The Balaban J connectivity index is 1.05. The number of amides is 6. The van der Waals surface area contributed by atoms with Crippen LogP contribution >= 0.6 is 0 Å². The maximum atomic E-state index is 17.0. The van der Waals surface area contributed by atoms with Crippen molar-refractivity contribution in [1.82, 2.24) is 29.4 Å². The first-order valence-corrected chi connectivity index (χ1v) is 40.9. The number of hydrogen-bond donors (Lipinski definition) is 1. The maximum Gasteiger partial charge on any atom is 0.308 e. The second kappa shape index (κ2) is 31.8. The highest BCUT2D eigenvalue weighted by molar-refractivity contribution is 6.45. The highest BCUT2D eigenvalue weighted by Crippen LogP contribution is 2.59. The molecule has 0 saturated carbocycles. The van der Waals surface area contributed by atoms with E-state index in [1.165, 1.54) is 0 Å². The maximum absolute atomic E-state index is 17.0. The largest absolute Gasteiger partial charge is 0.464 e. The number of esters is 1. The topological polar surface area (TPSA) is 205 Å². The number of benzene rings is 11. The van der Waals surface area contributed by atoms with Crippen LogP contribution in [0.5, 0.6) is 46.0 Å². The van der Waals surface area contributed by atoms with Crippen LogP contribution in [0.4, 0.5) is 0 Å². The van der Waals surface area contributed by atoms with Crippen LogP contribution in [0.2, 0.25) is 0 Å². The van der Waals surface area contributed by atoms with Crippen molar-refractivity contribution in [2.45, 2.75) is 144 Å². The molecule has 0 spiro atoms. The molecule has 2 fully saturated rings. The minimum absolute atomic E-state index is 0.0260. The summed E-state index contributed by atoms with van der Waals surface area (Å²) < 4.78 is 35.5. The Kier molecular flexibility index (Phi) is 21.9. The van der Waals surface area contributed by atoms with Crippen molar-refractivity contribution < 1.29 is 62.4 Å². The van der Waals surface area contributed by atoms with Gasteiger partial charge >= 0.3 is 5.97 Å². The molecule has 604 valence electrons. The first-order valence-electron chi connectivity index (χ1n) is 40.9. The van der Waals surface area contributed by atoms with E-state index in [0.717, 1.165) is 32.1 Å². The lowest BCUT2D eigenvalue weighted by molar-refractivity contribution is -0.148. The van der Waals surface area contributed by atoms with Gasteiger partial charge in [-0.15, -0.1) is 0 Å². The number of aliphatic hydroxyl groups is 1. The number of piperazine rings is 2. The van der Waals surface area contributed by atoms with Crippen molar-refractivity contribution in [2.75, 3.05) is 78.7 Å². The Hall–Kier alpha value is -11.5. The van der Waals surface area contributed by atoms with Crippen LogP contribution < -0.4 is 18.9 Å². The van der Waals surface area contributed by atoms with E-state index in [-0.39, 0.29) is 142 Å². The molecule has 0 bridgehead atoms. The van der Waals surface area contributed by atoms with E-state index in [4.69, 9.17) is 23.7 Å². The number of β-amino-alcohol motifs (C(OH)–C–C–N with tert-alkyl or cyclic N) is 1. The molecule has 4 aliphatic rings. The number of hydrogen-bond acceptors (Lipinski definition) is 15. The number of carbonyl (C=O) groups excluding carboxylic acids is 7. The van der Waals surface area contributed by atoms with Crippen molar-refractivity contribution in [3.63, 3.8) is 0 Å². The summed E-state index contributed by atoms with van der Waals surface area (Å²) in [6, 6.07) is 53.3. The first kappa shape index (κ1) is 80.7. The van der Waals surface area contributed by atoms with Crippen LogP contribution in [-0.4, -0.2) is 167 Å². The summed E-state index contributed by atoms with van der Waals surface area (Å²) in [6.07, 6.45) is -0.0746. The van der Waals surface area contributed by atoms with Gasteiger partial charge < -0.3 is 38.6 Å². The van der Waals surface area contributed by atoms with Gasteiger partial charge in [0, 0.05) is 121 Å². The molecule has 4 aliphatic heterocycles. The molecular formula is C98H104N6O13. The zero-order valence-corrected chi connectivity index (χ0v) is 69.5. The van der Waals surface area contributed by atoms with Crippen molar-refractivity contribution >= 4 is 84.5 Å². The zero-order valence-electron chi connectivity index (χ0n) is 69.5. The van der Waals surface area contributed by atoms with Gasteiger partial charge in [-0.2, -0.15) is 0 Å². The van der Waals surface area contributed by atoms with Crippen LogP contribution in [-0.2, 0) is 53.6 Å². The predicted octanol–water partition coefficient (Wildman–Crippen LogP) is 18.0. The number of fused-ring (bicyclic) bond motifs is 2. The summed E-state index contributed by atoms with van der Waals surface area (Å²) in [7, 11) is 0. The molecule has 11 aromatic carbocycles. The molecule has 19 nitrogen and oxygen atoms in total. The third-order valence-corrected chi connectivity index (χ3v) is 23.4. The second-order valence-corrected chi connectivity index (χ2v) is 35.9. The quantitative estimate of drug-likeness (QED) is 0.0290. The van der Waals surface area contributed by atoms with Gasteiger partial charge in [-0.05, 0) is 128 Å². The second-order valence-electron chi connectivity index (χ2n) is 35.9. The van der Waals surface area contributed by atoms with Gasteiger partial charge in [-0.1, -0.05) is 206 Å². The molecule has 2 saturated heterocycles. The Morgan fingerprint density at radius 3 is 0.889 bits per heavy atom. The Labute approximate surface area is 684 Å². The molecule has 11 aromatic rings. The lowest BCUT2D eigenvalue weighted by Crippen LogP contribution is -2.58. The molecule has 4 heterocycles. The third kappa shape index (κ3) is 16.1. The fourth-order valence-electron chi connectivity index (χ4n) is 16.7. The van der Waals surface area contributed by atoms with Crippen LogP contribution in [0.15, 0.2) is 182 Å². The Bertz CT molecular complexity index is 5180.